The Labute approximate surface area is 114 Å². The summed E-state index contributed by atoms with van der Waals surface area (Å²) in [4.78, 5) is 12.8. The first-order valence-electron chi connectivity index (χ1n) is 5.35. The molecule has 0 bridgehead atoms. The first-order chi connectivity index (χ1) is 9.61. The molecular formula is C11H8F5N3O2. The van der Waals surface area contributed by atoms with Crippen LogP contribution >= 0.6 is 0 Å². The van der Waals surface area contributed by atoms with Crippen LogP contribution in [0, 0.1) is 0 Å². The van der Waals surface area contributed by atoms with Crippen LogP contribution in [0.1, 0.15) is 5.56 Å². The van der Waals surface area contributed by atoms with Gasteiger partial charge in [-0.1, -0.05) is 35.4 Å². The first kappa shape index (κ1) is 16.7. The molecule has 0 aliphatic rings. The molecule has 1 N–H and O–H groups in total. The molecule has 1 rings (SSSR count). The fourth-order valence-electron chi connectivity index (χ4n) is 1.58. The maximum Gasteiger partial charge on any atom is 0.358 e. The smallest absolute Gasteiger partial charge is 0.358 e. The van der Waals surface area contributed by atoms with Crippen LogP contribution in [0.3, 0.4) is 0 Å². The Bertz CT molecular complexity index is 574. The predicted octanol–water partition coefficient (Wildman–Crippen LogP) is 3.52. The lowest BCUT2D eigenvalue weighted by Gasteiger charge is -2.34. The van der Waals surface area contributed by atoms with Gasteiger partial charge in [-0.25, -0.2) is 9.18 Å². The Kier molecular flexibility index (Phi) is 4.43. The molecule has 21 heavy (non-hydrogen) atoms. The van der Waals surface area contributed by atoms with Crippen LogP contribution in [0.2, 0.25) is 0 Å². The number of azide groups is 1. The normalized spacial score (nSPS) is 14.9. The highest BCUT2D eigenvalue weighted by Gasteiger charge is 2.74. The van der Waals surface area contributed by atoms with Gasteiger partial charge >= 0.3 is 23.5 Å². The Morgan fingerprint density at radius 3 is 2.14 bits per heavy atom. The van der Waals surface area contributed by atoms with Crippen LogP contribution in [0.25, 0.3) is 10.4 Å². The number of carboxylic acid groups (broad SMARTS) is 1. The van der Waals surface area contributed by atoms with Crippen LogP contribution in [-0.2, 0) is 10.5 Å². The molecule has 0 radical (unpaired) electrons. The van der Waals surface area contributed by atoms with Crippen LogP contribution in [0.4, 0.5) is 22.0 Å². The van der Waals surface area contributed by atoms with Crippen LogP contribution in [0.5, 0.6) is 0 Å². The fraction of sp³-hybridized carbons (Fsp3) is 0.364. The third-order valence-electron chi connectivity index (χ3n) is 2.69. The molecule has 0 fully saturated rings. The highest BCUT2D eigenvalue weighted by atomic mass is 19.3. The number of nitrogens with zero attached hydrogens (tertiary/aromatic N) is 3. The molecule has 1 unspecified atom stereocenters. The number of aliphatic carboxylic acids is 1. The number of rotatable bonds is 6. The second-order valence-electron chi connectivity index (χ2n) is 4.00. The van der Waals surface area contributed by atoms with Crippen LogP contribution in [-0.4, -0.2) is 29.5 Å². The van der Waals surface area contributed by atoms with Gasteiger partial charge in [-0.05, 0) is 5.53 Å². The molecule has 0 aliphatic carbocycles. The molecule has 1 aromatic carbocycles. The van der Waals surface area contributed by atoms with Crippen LogP contribution < -0.4 is 0 Å². The van der Waals surface area contributed by atoms with E-state index in [-0.39, 0.29) is 0 Å². The predicted molar refractivity (Wildman–Crippen MR) is 60.8 cm³/mol. The van der Waals surface area contributed by atoms with Gasteiger partial charge in [0.25, 0.3) is 0 Å². The molecular weight excluding hydrogens is 301 g/mol. The summed E-state index contributed by atoms with van der Waals surface area (Å²) < 4.78 is 68.8. The number of carbonyl (C=O) groups is 1. The topological polar surface area (TPSA) is 86.1 Å². The molecule has 0 amide bonds. The van der Waals surface area contributed by atoms with Gasteiger partial charge < -0.3 is 5.11 Å². The van der Waals surface area contributed by atoms with Gasteiger partial charge in [0.05, 0.1) is 6.54 Å². The van der Waals surface area contributed by atoms with Crippen molar-refractivity contribution in [3.8, 4) is 0 Å². The summed E-state index contributed by atoms with van der Waals surface area (Å²) in [6.07, 6.45) is 0. The largest absolute Gasteiger partial charge is 0.478 e. The maximum atomic E-state index is 14.4. The van der Waals surface area contributed by atoms with E-state index in [2.05, 4.69) is 5.11 Å². The summed E-state index contributed by atoms with van der Waals surface area (Å²) in [5.74, 6) is -13.6. The van der Waals surface area contributed by atoms with Crippen molar-refractivity contribution < 1.29 is 31.9 Å². The van der Waals surface area contributed by atoms with E-state index in [1.165, 1.54) is 6.07 Å². The summed E-state index contributed by atoms with van der Waals surface area (Å²) in [5.41, 5.74) is 2.07. The molecule has 0 saturated carbocycles. The van der Waals surface area contributed by atoms with Gasteiger partial charge in [0, 0.05) is 10.5 Å². The Morgan fingerprint density at radius 2 is 1.71 bits per heavy atom. The standard InChI is InChI=1S/C11H8F5N3O2/c12-9(13,6-18-19-17)11(15,16)10(14,8(20)21)7-4-2-1-3-5-7/h1-5H,6H2,(H,20,21). The number of halogens is 5. The van der Waals surface area contributed by atoms with Gasteiger partial charge in [0.15, 0.2) is 0 Å². The minimum atomic E-state index is -5.64. The first-order valence-corrected chi connectivity index (χ1v) is 5.35. The molecule has 0 aromatic heterocycles. The highest BCUT2D eigenvalue weighted by molar-refractivity contribution is 5.81. The molecule has 0 spiro atoms. The van der Waals surface area contributed by atoms with Crippen molar-refractivity contribution in [3.05, 3.63) is 46.3 Å². The molecule has 10 heteroatoms. The summed E-state index contributed by atoms with van der Waals surface area (Å²) in [5, 5.41) is 11.0. The second kappa shape index (κ2) is 5.57. The minimum absolute atomic E-state index is 0.645. The van der Waals surface area contributed by atoms with Crippen molar-refractivity contribution in [2.45, 2.75) is 17.5 Å². The zero-order valence-corrected chi connectivity index (χ0v) is 10.2. The van der Waals surface area contributed by atoms with E-state index in [0.717, 1.165) is 12.1 Å². The molecule has 0 heterocycles. The number of alkyl halides is 5. The van der Waals surface area contributed by atoms with Gasteiger partial charge in [-0.15, -0.1) is 0 Å². The summed E-state index contributed by atoms with van der Waals surface area (Å²) in [7, 11) is 0. The summed E-state index contributed by atoms with van der Waals surface area (Å²) >= 11 is 0. The average Bonchev–Trinajstić information content (AvgIpc) is 2.44. The van der Waals surface area contributed by atoms with Crippen molar-refractivity contribution in [1.82, 2.24) is 0 Å². The maximum absolute atomic E-state index is 14.4. The SMILES string of the molecule is [N-]=[N+]=NCC(F)(F)C(F)(F)C(F)(C(=O)O)c1ccccc1. The fourth-order valence-corrected chi connectivity index (χ4v) is 1.58. The zero-order valence-electron chi connectivity index (χ0n) is 10.2. The lowest BCUT2D eigenvalue weighted by atomic mass is 9.85. The Hall–Kier alpha value is -2.35. The molecule has 1 atom stereocenters. The average molecular weight is 309 g/mol. The van der Waals surface area contributed by atoms with E-state index in [1.807, 2.05) is 4.91 Å². The van der Waals surface area contributed by atoms with Crippen molar-refractivity contribution in [2.75, 3.05) is 6.54 Å². The summed E-state index contributed by atoms with van der Waals surface area (Å²) in [6, 6.07) is 4.60. The second-order valence-corrected chi connectivity index (χ2v) is 4.00. The number of benzene rings is 1. The third kappa shape index (κ3) is 2.62. The van der Waals surface area contributed by atoms with Gasteiger partial charge in [0.1, 0.15) is 0 Å². The van der Waals surface area contributed by atoms with Crippen LogP contribution in [0.15, 0.2) is 35.4 Å². The highest BCUT2D eigenvalue weighted by Crippen LogP contribution is 2.50. The number of hydrogen-bond donors (Lipinski definition) is 1. The quantitative estimate of drug-likeness (QED) is 0.377. The Morgan fingerprint density at radius 1 is 1.19 bits per heavy atom. The zero-order chi connectivity index (χ0) is 16.3. The Balaban J connectivity index is 3.46. The van der Waals surface area contributed by atoms with E-state index < -0.39 is 35.6 Å². The van der Waals surface area contributed by atoms with E-state index in [9.17, 15) is 26.7 Å². The number of carboxylic acids is 1. The summed E-state index contributed by atoms with van der Waals surface area (Å²) in [6.45, 7) is -2.08. The minimum Gasteiger partial charge on any atom is -0.478 e. The van der Waals surface area contributed by atoms with E-state index in [4.69, 9.17) is 10.6 Å². The van der Waals surface area contributed by atoms with E-state index >= 15 is 0 Å². The lowest BCUT2D eigenvalue weighted by Crippen LogP contribution is -2.59. The molecule has 0 saturated heterocycles. The van der Waals surface area contributed by atoms with E-state index in [0.29, 0.717) is 12.1 Å². The van der Waals surface area contributed by atoms with Gasteiger partial charge in [-0.2, -0.15) is 17.6 Å². The van der Waals surface area contributed by atoms with Gasteiger partial charge in [-0.3, -0.25) is 0 Å². The number of hydrogen-bond acceptors (Lipinski definition) is 2. The third-order valence-corrected chi connectivity index (χ3v) is 2.69. The molecule has 1 aromatic rings. The van der Waals surface area contributed by atoms with Crippen molar-refractivity contribution >= 4 is 5.97 Å². The molecule has 5 nitrogen and oxygen atoms in total. The van der Waals surface area contributed by atoms with Crippen molar-refractivity contribution in [3.63, 3.8) is 0 Å². The lowest BCUT2D eigenvalue weighted by molar-refractivity contribution is -0.270. The monoisotopic (exact) mass is 309 g/mol. The van der Waals surface area contributed by atoms with Gasteiger partial charge in [0.2, 0.25) is 0 Å². The van der Waals surface area contributed by atoms with Crippen molar-refractivity contribution in [2.24, 2.45) is 5.11 Å². The molecule has 0 aliphatic heterocycles. The van der Waals surface area contributed by atoms with Crippen molar-refractivity contribution in [1.29, 1.82) is 0 Å². The van der Waals surface area contributed by atoms with E-state index in [1.54, 1.807) is 0 Å². The molecule has 114 valence electrons.